The molecule has 0 aromatic rings. The Balaban J connectivity index is 4.48. The van der Waals surface area contributed by atoms with Crippen LogP contribution in [0.5, 0.6) is 0 Å². The second-order valence-corrected chi connectivity index (χ2v) is 11.7. The van der Waals surface area contributed by atoms with Crippen LogP contribution in [0.25, 0.3) is 0 Å². The molecule has 0 spiro atoms. The molecule has 0 fully saturated rings. The molecule has 254 valence electrons. The van der Waals surface area contributed by atoms with Gasteiger partial charge in [0.15, 0.2) is 0 Å². The summed E-state index contributed by atoms with van der Waals surface area (Å²) in [4.78, 5) is 22.4. The number of nitrogens with one attached hydrogen (secondary N) is 1. The summed E-state index contributed by atoms with van der Waals surface area (Å²) in [5, 5.41) is 13.4. The van der Waals surface area contributed by atoms with Crippen LogP contribution in [-0.2, 0) is 18.4 Å². The summed E-state index contributed by atoms with van der Waals surface area (Å²) in [6, 6.07) is -0.920. The Labute approximate surface area is 272 Å². The maximum atomic E-state index is 12.6. The molecule has 0 aliphatic rings. The number of carbonyl (C=O) groups excluding carboxylic acids is 1. The first-order chi connectivity index (χ1) is 21.9. The molecule has 3 atom stereocenters. The molecule has 0 heterocycles. The number of nitrogens with two attached hydrogens (primary N) is 1. The Bertz CT molecular complexity index is 1010. The largest absolute Gasteiger partial charge is 0.472 e. The maximum Gasteiger partial charge on any atom is 0.472 e. The molecule has 0 aliphatic heterocycles. The number of hydrogen-bond donors (Lipinski definition) is 4. The van der Waals surface area contributed by atoms with Crippen molar-refractivity contribution in [1.29, 1.82) is 0 Å². The summed E-state index contributed by atoms with van der Waals surface area (Å²) < 4.78 is 21.8. The van der Waals surface area contributed by atoms with Crippen LogP contribution < -0.4 is 11.1 Å². The molecule has 45 heavy (non-hydrogen) atoms. The van der Waals surface area contributed by atoms with Crippen LogP contribution in [0.4, 0.5) is 0 Å². The number of hydrogen-bond acceptors (Lipinski definition) is 6. The molecule has 5 N–H and O–H groups in total. The lowest BCUT2D eigenvalue weighted by Gasteiger charge is -2.23. The van der Waals surface area contributed by atoms with E-state index >= 15 is 0 Å². The van der Waals surface area contributed by atoms with Gasteiger partial charge in [-0.25, -0.2) is 4.57 Å². The Hall–Kier alpha value is -2.58. The summed E-state index contributed by atoms with van der Waals surface area (Å²) in [6.45, 7) is 3.77. The van der Waals surface area contributed by atoms with E-state index < -0.39 is 26.6 Å². The van der Waals surface area contributed by atoms with Crippen molar-refractivity contribution < 1.29 is 28.4 Å². The molecule has 0 rings (SSSR count). The lowest BCUT2D eigenvalue weighted by Crippen LogP contribution is -2.45. The predicted molar refractivity (Wildman–Crippen MR) is 189 cm³/mol. The molecule has 0 radical (unpaired) electrons. The Morgan fingerprint density at radius 2 is 1.22 bits per heavy atom. The first-order valence-electron chi connectivity index (χ1n) is 16.4. The highest BCUT2D eigenvalue weighted by Gasteiger charge is 2.26. The quantitative estimate of drug-likeness (QED) is 0.0384. The van der Waals surface area contributed by atoms with Crippen molar-refractivity contribution in [3.8, 4) is 0 Å². The van der Waals surface area contributed by atoms with Crippen molar-refractivity contribution in [2.45, 2.75) is 103 Å². The van der Waals surface area contributed by atoms with Gasteiger partial charge in [-0.1, -0.05) is 117 Å². The fraction of sp³-hybridized carbons (Fsp3) is 0.528. The van der Waals surface area contributed by atoms with Gasteiger partial charge in [-0.3, -0.25) is 13.8 Å². The Morgan fingerprint density at radius 3 is 1.76 bits per heavy atom. The Morgan fingerprint density at radius 1 is 0.733 bits per heavy atom. The van der Waals surface area contributed by atoms with Gasteiger partial charge < -0.3 is 21.1 Å². The molecule has 0 aromatic carbocycles. The van der Waals surface area contributed by atoms with Gasteiger partial charge in [0.1, 0.15) is 0 Å². The molecule has 8 nitrogen and oxygen atoms in total. The number of aliphatic hydroxyl groups excluding tert-OH is 1. The number of aliphatic hydroxyl groups is 1. The molecular weight excluding hydrogens is 587 g/mol. The van der Waals surface area contributed by atoms with Crippen molar-refractivity contribution in [2.75, 3.05) is 19.8 Å². The van der Waals surface area contributed by atoms with Gasteiger partial charge in [0, 0.05) is 13.0 Å². The van der Waals surface area contributed by atoms with Gasteiger partial charge in [0.25, 0.3) is 0 Å². The highest BCUT2D eigenvalue weighted by atomic mass is 31.2. The highest BCUT2D eigenvalue weighted by molar-refractivity contribution is 7.47. The summed E-state index contributed by atoms with van der Waals surface area (Å²) in [6.07, 6.45) is 42.1. The van der Waals surface area contributed by atoms with Gasteiger partial charge in [0.2, 0.25) is 5.91 Å². The van der Waals surface area contributed by atoms with Crippen LogP contribution in [0.15, 0.2) is 97.2 Å². The molecule has 0 aromatic heterocycles. The molecule has 0 bridgehead atoms. The minimum Gasteiger partial charge on any atom is -0.387 e. The summed E-state index contributed by atoms with van der Waals surface area (Å²) in [5.74, 6) is -0.297. The molecular formula is C36H59N2O6P. The zero-order valence-electron chi connectivity index (χ0n) is 27.6. The summed E-state index contributed by atoms with van der Waals surface area (Å²) in [7, 11) is -4.36. The van der Waals surface area contributed by atoms with Crippen molar-refractivity contribution in [1.82, 2.24) is 5.32 Å². The second-order valence-electron chi connectivity index (χ2n) is 10.3. The van der Waals surface area contributed by atoms with Crippen LogP contribution in [0.2, 0.25) is 0 Å². The highest BCUT2D eigenvalue weighted by Crippen LogP contribution is 2.43. The number of phosphoric ester groups is 1. The smallest absolute Gasteiger partial charge is 0.387 e. The lowest BCUT2D eigenvalue weighted by atomic mass is 10.1. The third kappa shape index (κ3) is 29.9. The average molecular weight is 647 g/mol. The van der Waals surface area contributed by atoms with E-state index in [1.54, 1.807) is 6.08 Å². The predicted octanol–water partition coefficient (Wildman–Crippen LogP) is 8.10. The number of carbonyl (C=O) groups is 1. The standard InChI is InChI=1S/C36H59N2O6P/c1-3-5-7-9-11-12-13-14-15-16-17-18-19-20-21-22-24-26-28-30-36(40)38-34(33-44-45(41,42)43-32-31-37)35(39)29-27-25-23-10-8-6-4-2/h5,7-8,10-12,14-15,17-18,20-21,24,26-27,29,34-35,39H,3-4,6,9,13,16,19,22-23,25,28,30-33,37H2,1-2H3,(H,38,40)(H,41,42)/b7-5-,10-8+,12-11-,15-14-,18-17-,21-20-,26-24-,29-27+. The van der Waals surface area contributed by atoms with E-state index in [9.17, 15) is 19.4 Å². The van der Waals surface area contributed by atoms with E-state index in [1.807, 2.05) is 18.2 Å². The molecule has 3 unspecified atom stereocenters. The normalized spacial score (nSPS) is 15.8. The monoisotopic (exact) mass is 646 g/mol. The van der Waals surface area contributed by atoms with Crippen LogP contribution in [-0.4, -0.2) is 47.8 Å². The zero-order valence-corrected chi connectivity index (χ0v) is 28.4. The number of amides is 1. The minimum atomic E-state index is -4.36. The fourth-order valence-corrected chi connectivity index (χ4v) is 4.46. The Kier molecular flexibility index (Phi) is 29.6. The van der Waals surface area contributed by atoms with Crippen LogP contribution >= 0.6 is 7.82 Å². The SMILES string of the molecule is CC/C=C\C/C=C\C/C=C\C/C=C\C/C=C\C/C=C\CCC(=O)NC(COP(=O)(O)OCCN)C(O)/C=C/CC/C=C/CCC. The van der Waals surface area contributed by atoms with Crippen LogP contribution in [0, 0.1) is 0 Å². The summed E-state index contributed by atoms with van der Waals surface area (Å²) in [5.41, 5.74) is 5.31. The molecule has 0 aliphatic carbocycles. The van der Waals surface area contributed by atoms with Gasteiger partial charge in [-0.2, -0.15) is 0 Å². The average Bonchev–Trinajstić information content (AvgIpc) is 3.02. The zero-order chi connectivity index (χ0) is 33.3. The van der Waals surface area contributed by atoms with Crippen LogP contribution in [0.1, 0.15) is 90.9 Å². The second kappa shape index (κ2) is 31.4. The number of phosphoric acid groups is 1. The van der Waals surface area contributed by atoms with Crippen molar-refractivity contribution in [2.24, 2.45) is 5.73 Å². The number of unbranched alkanes of at least 4 members (excludes halogenated alkanes) is 2. The first kappa shape index (κ1) is 42.4. The molecule has 0 saturated heterocycles. The van der Waals surface area contributed by atoms with Gasteiger partial charge in [0.05, 0.1) is 25.4 Å². The summed E-state index contributed by atoms with van der Waals surface area (Å²) >= 11 is 0. The van der Waals surface area contributed by atoms with Crippen LogP contribution in [0.3, 0.4) is 0 Å². The van der Waals surface area contributed by atoms with E-state index in [1.165, 1.54) is 0 Å². The fourth-order valence-electron chi connectivity index (χ4n) is 3.70. The number of rotatable bonds is 28. The van der Waals surface area contributed by atoms with Gasteiger partial charge in [-0.15, -0.1) is 0 Å². The molecule has 9 heteroatoms. The van der Waals surface area contributed by atoms with Crippen molar-refractivity contribution in [3.05, 3.63) is 97.2 Å². The first-order valence-corrected chi connectivity index (χ1v) is 17.9. The van der Waals surface area contributed by atoms with E-state index in [4.69, 9.17) is 14.8 Å². The van der Waals surface area contributed by atoms with E-state index in [2.05, 4.69) is 92.1 Å². The van der Waals surface area contributed by atoms with E-state index in [0.29, 0.717) is 6.42 Å². The molecule has 1 amide bonds. The maximum absolute atomic E-state index is 12.6. The molecule has 0 saturated carbocycles. The van der Waals surface area contributed by atoms with Crippen molar-refractivity contribution in [3.63, 3.8) is 0 Å². The van der Waals surface area contributed by atoms with Gasteiger partial charge >= 0.3 is 7.82 Å². The lowest BCUT2D eigenvalue weighted by molar-refractivity contribution is -0.122. The third-order valence-corrected chi connectivity index (χ3v) is 7.12. The third-order valence-electron chi connectivity index (χ3n) is 6.14. The van der Waals surface area contributed by atoms with Gasteiger partial charge in [-0.05, 0) is 64.2 Å². The minimum absolute atomic E-state index is 0.0563. The van der Waals surface area contributed by atoms with E-state index in [-0.39, 0.29) is 25.5 Å². The van der Waals surface area contributed by atoms with Crippen molar-refractivity contribution >= 4 is 13.7 Å². The number of allylic oxidation sites excluding steroid dienone is 15. The topological polar surface area (TPSA) is 131 Å². The van der Waals surface area contributed by atoms with E-state index in [0.717, 1.165) is 64.2 Å².